The zero-order valence-electron chi connectivity index (χ0n) is 12.8. The van der Waals surface area contributed by atoms with Crippen molar-refractivity contribution in [3.05, 3.63) is 71.8 Å². The van der Waals surface area contributed by atoms with Crippen molar-refractivity contribution >= 4 is 7.67 Å². The third kappa shape index (κ3) is 3.01. The number of hydrogen-bond donors (Lipinski definition) is 1. The summed E-state index contributed by atoms with van der Waals surface area (Å²) in [6.07, 6.45) is -0.180. The van der Waals surface area contributed by atoms with Crippen LogP contribution in [-0.4, -0.2) is 17.8 Å². The van der Waals surface area contributed by atoms with Gasteiger partial charge >= 0.3 is 7.67 Å². The molecule has 1 saturated heterocycles. The molecule has 1 heterocycles. The van der Waals surface area contributed by atoms with Crippen molar-refractivity contribution in [1.29, 1.82) is 0 Å². The first-order chi connectivity index (χ1) is 10.6. The molecule has 1 aliphatic heterocycles. The first-order valence-corrected chi connectivity index (χ1v) is 9.04. The summed E-state index contributed by atoms with van der Waals surface area (Å²) in [4.78, 5) is 0. The van der Waals surface area contributed by atoms with Gasteiger partial charge in [0.25, 0.3) is 0 Å². The molecule has 0 unspecified atom stereocenters. The standard InChI is InChI=1S/C17H21N2O2P/c1-14-17(16-11-7-4-8-12-16)21-22(20,19(14)2)18-13-15-9-5-3-6-10-15/h3-12,14,17H,13H2,1-2H3,(H,18,20)/t14-,17-,22-/m1/s1. The lowest BCUT2D eigenvalue weighted by molar-refractivity contribution is 0.208. The summed E-state index contributed by atoms with van der Waals surface area (Å²) in [5, 5.41) is 3.11. The number of benzene rings is 2. The van der Waals surface area contributed by atoms with Crippen LogP contribution < -0.4 is 5.09 Å². The van der Waals surface area contributed by atoms with Crippen molar-refractivity contribution in [2.75, 3.05) is 7.05 Å². The van der Waals surface area contributed by atoms with Gasteiger partial charge in [0.15, 0.2) is 0 Å². The molecule has 0 amide bonds. The minimum atomic E-state index is -3.02. The van der Waals surface area contributed by atoms with E-state index in [1.807, 2.05) is 79.3 Å². The summed E-state index contributed by atoms with van der Waals surface area (Å²) >= 11 is 0. The van der Waals surface area contributed by atoms with Gasteiger partial charge in [0.05, 0.1) is 0 Å². The van der Waals surface area contributed by atoms with Gasteiger partial charge in [-0.1, -0.05) is 60.7 Å². The average molecular weight is 316 g/mol. The van der Waals surface area contributed by atoms with Crippen LogP contribution >= 0.6 is 7.67 Å². The Kier molecular flexibility index (Phi) is 4.46. The molecule has 2 aromatic rings. The first kappa shape index (κ1) is 15.4. The predicted octanol–water partition coefficient (Wildman–Crippen LogP) is 3.98. The van der Waals surface area contributed by atoms with Crippen LogP contribution in [0.3, 0.4) is 0 Å². The molecule has 3 rings (SSSR count). The van der Waals surface area contributed by atoms with Crippen molar-refractivity contribution in [3.8, 4) is 0 Å². The van der Waals surface area contributed by atoms with Crippen LogP contribution in [0.15, 0.2) is 60.7 Å². The second-order valence-corrected chi connectivity index (χ2v) is 7.79. The molecular formula is C17H21N2O2P. The van der Waals surface area contributed by atoms with Gasteiger partial charge in [-0.15, -0.1) is 0 Å². The SMILES string of the molecule is C[C@@H]1[C@H](c2ccccc2)O[P@](=O)(NCc2ccccc2)N1C. The van der Waals surface area contributed by atoms with Gasteiger partial charge in [-0.2, -0.15) is 0 Å². The van der Waals surface area contributed by atoms with E-state index in [9.17, 15) is 4.57 Å². The number of hydrogen-bond acceptors (Lipinski definition) is 2. The summed E-state index contributed by atoms with van der Waals surface area (Å²) < 4.78 is 20.9. The fraction of sp³-hybridized carbons (Fsp3) is 0.294. The van der Waals surface area contributed by atoms with E-state index in [2.05, 4.69) is 5.09 Å². The zero-order chi connectivity index (χ0) is 15.6. The van der Waals surface area contributed by atoms with E-state index >= 15 is 0 Å². The fourth-order valence-electron chi connectivity index (χ4n) is 2.67. The minimum absolute atomic E-state index is 0.0523. The van der Waals surface area contributed by atoms with E-state index in [-0.39, 0.29) is 12.1 Å². The molecule has 1 fully saturated rings. The van der Waals surface area contributed by atoms with Gasteiger partial charge in [-0.05, 0) is 25.1 Å². The van der Waals surface area contributed by atoms with E-state index in [0.29, 0.717) is 6.54 Å². The molecule has 1 aliphatic rings. The Balaban J connectivity index is 1.75. The number of nitrogens with one attached hydrogen (secondary N) is 1. The molecule has 0 aromatic heterocycles. The molecule has 0 bridgehead atoms. The van der Waals surface area contributed by atoms with Gasteiger partial charge in [0.2, 0.25) is 0 Å². The molecule has 4 nitrogen and oxygen atoms in total. The number of likely N-dealkylation sites (N-methyl/N-ethyl adjacent to an activating group) is 1. The fourth-order valence-corrected chi connectivity index (χ4v) is 4.71. The maximum atomic E-state index is 13.1. The summed E-state index contributed by atoms with van der Waals surface area (Å²) in [6, 6.07) is 19.9. The van der Waals surface area contributed by atoms with Gasteiger partial charge in [0, 0.05) is 12.6 Å². The Morgan fingerprint density at radius 2 is 1.68 bits per heavy atom. The molecule has 116 valence electrons. The summed E-state index contributed by atoms with van der Waals surface area (Å²) in [5.74, 6) is 0. The monoisotopic (exact) mass is 316 g/mol. The predicted molar refractivity (Wildman–Crippen MR) is 88.4 cm³/mol. The topological polar surface area (TPSA) is 41.6 Å². The van der Waals surface area contributed by atoms with Gasteiger partial charge in [0.1, 0.15) is 6.10 Å². The van der Waals surface area contributed by atoms with Crippen molar-refractivity contribution in [1.82, 2.24) is 9.76 Å². The van der Waals surface area contributed by atoms with Crippen LogP contribution in [-0.2, 0) is 15.6 Å². The third-order valence-corrected chi connectivity index (χ3v) is 6.42. The summed E-state index contributed by atoms with van der Waals surface area (Å²) in [5.41, 5.74) is 2.15. The van der Waals surface area contributed by atoms with E-state index in [4.69, 9.17) is 4.52 Å². The zero-order valence-corrected chi connectivity index (χ0v) is 13.7. The molecule has 1 N–H and O–H groups in total. The molecule has 3 atom stereocenters. The van der Waals surface area contributed by atoms with Crippen LogP contribution in [0.25, 0.3) is 0 Å². The van der Waals surface area contributed by atoms with Crippen molar-refractivity contribution in [2.45, 2.75) is 25.6 Å². The highest BCUT2D eigenvalue weighted by atomic mass is 31.2. The van der Waals surface area contributed by atoms with Crippen LogP contribution in [0.2, 0.25) is 0 Å². The maximum Gasteiger partial charge on any atom is 0.344 e. The highest BCUT2D eigenvalue weighted by Gasteiger charge is 2.46. The Morgan fingerprint density at radius 3 is 2.32 bits per heavy atom. The maximum absolute atomic E-state index is 13.1. The summed E-state index contributed by atoms with van der Waals surface area (Å²) in [6.45, 7) is 2.57. The van der Waals surface area contributed by atoms with Crippen LogP contribution in [0.1, 0.15) is 24.2 Å². The van der Waals surface area contributed by atoms with Crippen molar-refractivity contribution < 1.29 is 9.09 Å². The average Bonchev–Trinajstić information content (AvgIpc) is 2.80. The highest BCUT2D eigenvalue weighted by Crippen LogP contribution is 2.59. The lowest BCUT2D eigenvalue weighted by Crippen LogP contribution is -2.26. The number of rotatable bonds is 4. The normalized spacial score (nSPS) is 28.8. The molecule has 2 aromatic carbocycles. The highest BCUT2D eigenvalue weighted by molar-refractivity contribution is 7.54. The van der Waals surface area contributed by atoms with Crippen molar-refractivity contribution in [2.24, 2.45) is 0 Å². The van der Waals surface area contributed by atoms with Crippen molar-refractivity contribution in [3.63, 3.8) is 0 Å². The molecule has 0 aliphatic carbocycles. The van der Waals surface area contributed by atoms with Gasteiger partial charge in [-0.3, -0.25) is 9.09 Å². The Morgan fingerprint density at radius 1 is 1.09 bits per heavy atom. The van der Waals surface area contributed by atoms with Crippen LogP contribution in [0, 0.1) is 0 Å². The van der Waals surface area contributed by atoms with E-state index in [1.54, 1.807) is 0 Å². The molecule has 0 saturated carbocycles. The van der Waals surface area contributed by atoms with Gasteiger partial charge < -0.3 is 0 Å². The van der Waals surface area contributed by atoms with Gasteiger partial charge in [-0.25, -0.2) is 9.76 Å². The molecular weight excluding hydrogens is 295 g/mol. The number of nitrogens with zero attached hydrogens (tertiary/aromatic N) is 1. The second-order valence-electron chi connectivity index (χ2n) is 5.59. The Bertz CT molecular complexity index is 663. The Hall–Kier alpha value is -1.45. The molecule has 22 heavy (non-hydrogen) atoms. The quantitative estimate of drug-likeness (QED) is 0.867. The van der Waals surface area contributed by atoms with E-state index in [0.717, 1.165) is 11.1 Å². The summed E-state index contributed by atoms with van der Waals surface area (Å²) in [7, 11) is -1.17. The third-order valence-electron chi connectivity index (χ3n) is 4.15. The van der Waals surface area contributed by atoms with E-state index < -0.39 is 7.67 Å². The van der Waals surface area contributed by atoms with E-state index in [1.165, 1.54) is 0 Å². The van der Waals surface area contributed by atoms with Crippen LogP contribution in [0.4, 0.5) is 0 Å². The smallest absolute Gasteiger partial charge is 0.296 e. The lowest BCUT2D eigenvalue weighted by Gasteiger charge is -2.21. The molecule has 0 spiro atoms. The molecule has 5 heteroatoms. The lowest BCUT2D eigenvalue weighted by atomic mass is 10.0. The first-order valence-electron chi connectivity index (χ1n) is 7.46. The minimum Gasteiger partial charge on any atom is -0.296 e. The largest absolute Gasteiger partial charge is 0.344 e. The Labute approximate surface area is 131 Å². The molecule has 0 radical (unpaired) electrons. The van der Waals surface area contributed by atoms with Crippen LogP contribution in [0.5, 0.6) is 0 Å². The second kappa shape index (κ2) is 6.35.